The normalized spacial score (nSPS) is 18.5. The Morgan fingerprint density at radius 2 is 2.10 bits per heavy atom. The minimum Gasteiger partial charge on any atom is -0.370 e. The van der Waals surface area contributed by atoms with Crippen LogP contribution in [0.1, 0.15) is 48.3 Å². The second kappa shape index (κ2) is 10.6. The lowest BCUT2D eigenvalue weighted by Crippen LogP contribution is -2.31. The molecule has 1 heterocycles. The summed E-state index contributed by atoms with van der Waals surface area (Å²) in [6.45, 7) is 4.55. The Labute approximate surface area is 189 Å². The molecule has 0 saturated heterocycles. The molecule has 6 nitrogen and oxygen atoms in total. The van der Waals surface area contributed by atoms with E-state index in [2.05, 4.69) is 53.5 Å². The molecule has 1 aliphatic heterocycles. The molecular weight excluding hydrogens is 410 g/mol. The van der Waals surface area contributed by atoms with E-state index in [4.69, 9.17) is 23.1 Å². The molecule has 2 aliphatic rings. The molecule has 0 saturated carbocycles. The zero-order valence-corrected chi connectivity index (χ0v) is 19.1. The molecule has 166 valence electrons. The third-order valence-electron chi connectivity index (χ3n) is 5.70. The van der Waals surface area contributed by atoms with Crippen LogP contribution in [0.4, 0.5) is 0 Å². The predicted molar refractivity (Wildman–Crippen MR) is 128 cm³/mol. The summed E-state index contributed by atoms with van der Waals surface area (Å²) in [5.74, 6) is 0.363. The van der Waals surface area contributed by atoms with Crippen LogP contribution >= 0.6 is 11.6 Å². The molecule has 1 aromatic rings. The van der Waals surface area contributed by atoms with E-state index < -0.39 is 0 Å². The van der Waals surface area contributed by atoms with E-state index in [-0.39, 0.29) is 17.8 Å². The van der Waals surface area contributed by atoms with Gasteiger partial charge in [0.05, 0.1) is 0 Å². The maximum atomic E-state index is 12.3. The van der Waals surface area contributed by atoms with Gasteiger partial charge in [-0.15, -0.1) is 0 Å². The fraction of sp³-hybridized carbons (Fsp3) is 0.417. The summed E-state index contributed by atoms with van der Waals surface area (Å²) in [5, 5.41) is 3.82. The molecule has 1 amide bonds. The van der Waals surface area contributed by atoms with Gasteiger partial charge in [-0.3, -0.25) is 9.79 Å². The average molecular weight is 442 g/mol. The van der Waals surface area contributed by atoms with Crippen LogP contribution in [0.2, 0.25) is 5.02 Å². The summed E-state index contributed by atoms with van der Waals surface area (Å²) in [6, 6.07) is 4.15. The minimum atomic E-state index is 0.0198. The minimum absolute atomic E-state index is 0.0198. The maximum Gasteiger partial charge on any atom is 0.224 e. The van der Waals surface area contributed by atoms with Crippen LogP contribution in [0.15, 0.2) is 52.7 Å². The molecule has 31 heavy (non-hydrogen) atoms. The number of halogens is 1. The van der Waals surface area contributed by atoms with Gasteiger partial charge < -0.3 is 21.7 Å². The number of hydrogen-bond donors (Lipinski definition) is 3. The third kappa shape index (κ3) is 6.45. The highest BCUT2D eigenvalue weighted by Gasteiger charge is 2.27. The molecule has 1 atom stereocenters. The van der Waals surface area contributed by atoms with Gasteiger partial charge in [-0.25, -0.2) is 0 Å². The van der Waals surface area contributed by atoms with Crippen LogP contribution in [-0.2, 0) is 11.3 Å². The topological polar surface area (TPSA) is 96.7 Å². The molecule has 3 rings (SSSR count). The number of amides is 1. The number of nitrogens with two attached hydrogens (primary N) is 2. The molecule has 0 spiro atoms. The summed E-state index contributed by atoms with van der Waals surface area (Å²) in [7, 11) is 2.15. The first-order chi connectivity index (χ1) is 14.8. The fourth-order valence-corrected chi connectivity index (χ4v) is 4.45. The van der Waals surface area contributed by atoms with Crippen molar-refractivity contribution >= 4 is 23.5 Å². The maximum absolute atomic E-state index is 12.3. The van der Waals surface area contributed by atoms with Crippen molar-refractivity contribution in [1.29, 1.82) is 0 Å². The van der Waals surface area contributed by atoms with E-state index in [1.54, 1.807) is 0 Å². The molecule has 0 aromatic heterocycles. The molecule has 1 aromatic carbocycles. The number of unbranched alkanes of at least 4 members (excludes halogenated alkanes) is 1. The number of nitrogens with one attached hydrogen (secondary N) is 1. The van der Waals surface area contributed by atoms with E-state index in [0.717, 1.165) is 36.7 Å². The summed E-state index contributed by atoms with van der Waals surface area (Å²) in [4.78, 5) is 18.6. The second-order valence-corrected chi connectivity index (χ2v) is 8.75. The van der Waals surface area contributed by atoms with Crippen LogP contribution in [0.5, 0.6) is 0 Å². The van der Waals surface area contributed by atoms with Crippen LogP contribution in [0, 0.1) is 6.92 Å². The SMILES string of the molecule is Cc1cc(Cl)cc2c1CN(C)CC2C1=CC=C(NC(=O)CCCCN=C(N)N)CC=C1. The quantitative estimate of drug-likeness (QED) is 0.342. The Morgan fingerprint density at radius 3 is 2.87 bits per heavy atom. The number of likely N-dealkylation sites (N-methyl/N-ethyl adjacent to an activating group) is 1. The van der Waals surface area contributed by atoms with Gasteiger partial charge in [-0.1, -0.05) is 29.8 Å². The van der Waals surface area contributed by atoms with Crippen molar-refractivity contribution in [2.75, 3.05) is 20.1 Å². The van der Waals surface area contributed by atoms with Crippen molar-refractivity contribution in [3.05, 3.63) is 69.4 Å². The van der Waals surface area contributed by atoms with Gasteiger partial charge in [0.2, 0.25) is 5.91 Å². The lowest BCUT2D eigenvalue weighted by molar-refractivity contribution is -0.120. The zero-order valence-electron chi connectivity index (χ0n) is 18.3. The number of aryl methyl sites for hydroxylation is 1. The van der Waals surface area contributed by atoms with Crippen LogP contribution in [-0.4, -0.2) is 36.9 Å². The van der Waals surface area contributed by atoms with Gasteiger partial charge in [0.25, 0.3) is 0 Å². The van der Waals surface area contributed by atoms with Crippen molar-refractivity contribution in [2.24, 2.45) is 16.5 Å². The van der Waals surface area contributed by atoms with Crippen LogP contribution in [0.25, 0.3) is 0 Å². The Morgan fingerprint density at radius 1 is 1.29 bits per heavy atom. The van der Waals surface area contributed by atoms with Crippen molar-refractivity contribution in [2.45, 2.75) is 45.1 Å². The lowest BCUT2D eigenvalue weighted by Gasteiger charge is -2.34. The third-order valence-corrected chi connectivity index (χ3v) is 5.92. The number of hydrogen-bond acceptors (Lipinski definition) is 3. The first-order valence-electron chi connectivity index (χ1n) is 10.7. The van der Waals surface area contributed by atoms with E-state index >= 15 is 0 Å². The molecule has 0 fully saturated rings. The summed E-state index contributed by atoms with van der Waals surface area (Å²) in [6.07, 6.45) is 11.1. The highest BCUT2D eigenvalue weighted by molar-refractivity contribution is 6.30. The number of carbonyl (C=O) groups is 1. The number of guanidine groups is 1. The van der Waals surface area contributed by atoms with Gasteiger partial charge >= 0.3 is 0 Å². The molecule has 0 radical (unpaired) electrons. The molecule has 5 N–H and O–H groups in total. The van der Waals surface area contributed by atoms with E-state index in [1.165, 1.54) is 22.3 Å². The van der Waals surface area contributed by atoms with E-state index in [1.807, 2.05) is 12.1 Å². The Kier molecular flexibility index (Phi) is 7.93. The van der Waals surface area contributed by atoms with Gasteiger partial charge in [-0.2, -0.15) is 0 Å². The standard InChI is InChI=1S/C24H32ClN5O/c1-16-12-18(25)13-20-21(16)14-30(2)15-22(20)17-6-5-7-19(10-9-17)29-23(31)8-3-4-11-28-24(26)27/h5-6,9-10,12-13,22H,3-4,7-8,11,14-15H2,1-2H3,(H,29,31)(H4,26,27,28). The highest BCUT2D eigenvalue weighted by atomic mass is 35.5. The summed E-state index contributed by atoms with van der Waals surface area (Å²) in [5.41, 5.74) is 16.7. The largest absolute Gasteiger partial charge is 0.370 e. The van der Waals surface area contributed by atoms with Crippen molar-refractivity contribution in [1.82, 2.24) is 10.2 Å². The highest BCUT2D eigenvalue weighted by Crippen LogP contribution is 2.37. The van der Waals surface area contributed by atoms with Crippen molar-refractivity contribution in [3.63, 3.8) is 0 Å². The van der Waals surface area contributed by atoms with Crippen LogP contribution in [0.3, 0.4) is 0 Å². The van der Waals surface area contributed by atoms with Gasteiger partial charge in [-0.05, 0) is 67.3 Å². The first kappa shape index (κ1) is 23.1. The van der Waals surface area contributed by atoms with E-state index in [9.17, 15) is 4.79 Å². The van der Waals surface area contributed by atoms with Gasteiger partial charge in [0.15, 0.2) is 5.96 Å². The lowest BCUT2D eigenvalue weighted by atomic mass is 9.82. The number of aliphatic imine (C=N–C) groups is 1. The smallest absolute Gasteiger partial charge is 0.224 e. The number of carbonyl (C=O) groups excluding carboxylic acids is 1. The number of benzene rings is 1. The Bertz CT molecular complexity index is 944. The molecular formula is C24H32ClN5O. The Balaban J connectivity index is 1.67. The number of allylic oxidation sites excluding steroid dienone is 4. The van der Waals surface area contributed by atoms with Crippen molar-refractivity contribution in [3.8, 4) is 0 Å². The molecule has 1 aliphatic carbocycles. The second-order valence-electron chi connectivity index (χ2n) is 8.32. The monoisotopic (exact) mass is 441 g/mol. The molecule has 1 unspecified atom stereocenters. The molecule has 7 heteroatoms. The zero-order chi connectivity index (χ0) is 22.4. The number of nitrogens with zero attached hydrogens (tertiary/aromatic N) is 2. The van der Waals surface area contributed by atoms with E-state index in [0.29, 0.717) is 19.4 Å². The summed E-state index contributed by atoms with van der Waals surface area (Å²) >= 11 is 6.38. The number of fused-ring (bicyclic) bond motifs is 1. The average Bonchev–Trinajstić information content (AvgIpc) is 2.93. The van der Waals surface area contributed by atoms with Gasteiger partial charge in [0, 0.05) is 49.1 Å². The number of rotatable bonds is 7. The Hall–Kier alpha value is -2.57. The van der Waals surface area contributed by atoms with Crippen molar-refractivity contribution < 1.29 is 4.79 Å². The summed E-state index contributed by atoms with van der Waals surface area (Å²) < 4.78 is 0. The predicted octanol–water partition coefficient (Wildman–Crippen LogP) is 3.51. The fourth-order valence-electron chi connectivity index (χ4n) is 4.17. The van der Waals surface area contributed by atoms with Crippen LogP contribution < -0.4 is 16.8 Å². The first-order valence-corrected chi connectivity index (χ1v) is 11.1. The molecule has 0 bridgehead atoms. The van der Waals surface area contributed by atoms with Gasteiger partial charge in [0.1, 0.15) is 0 Å².